The standard InChI is InChI=1S/C22H20F2N2O5/c1-11-14-5-4-13(30-3)8-20(14)31-22(29)15(11)6-7-21(28)26-19-10-17(24)16(23)9-18(19)25-12(2)27/h4-5,8-10H,6-7H2,1-3H3,(H,25,27)(H,26,28). The van der Waals surface area contributed by atoms with E-state index < -0.39 is 29.1 Å². The van der Waals surface area contributed by atoms with Gasteiger partial charge >= 0.3 is 5.63 Å². The molecule has 0 saturated carbocycles. The highest BCUT2D eigenvalue weighted by Gasteiger charge is 2.16. The fourth-order valence-corrected chi connectivity index (χ4v) is 3.19. The number of carbonyl (C=O) groups excluding carboxylic acids is 2. The third-order valence-corrected chi connectivity index (χ3v) is 4.74. The number of methoxy groups -OCH3 is 1. The molecule has 0 unspecified atom stereocenters. The molecule has 0 spiro atoms. The topological polar surface area (TPSA) is 97.6 Å². The second-order valence-electron chi connectivity index (χ2n) is 6.90. The van der Waals surface area contributed by atoms with Gasteiger partial charge in [0.1, 0.15) is 11.3 Å². The van der Waals surface area contributed by atoms with Crippen molar-refractivity contribution >= 4 is 34.2 Å². The van der Waals surface area contributed by atoms with Gasteiger partial charge in [-0.05, 0) is 31.0 Å². The van der Waals surface area contributed by atoms with Crippen LogP contribution >= 0.6 is 0 Å². The minimum atomic E-state index is -1.18. The highest BCUT2D eigenvalue weighted by atomic mass is 19.2. The van der Waals surface area contributed by atoms with Gasteiger partial charge in [0.15, 0.2) is 11.6 Å². The molecule has 0 aliphatic rings. The van der Waals surface area contributed by atoms with Crippen molar-refractivity contribution < 1.29 is 27.5 Å². The number of hydrogen-bond acceptors (Lipinski definition) is 5. The first-order chi connectivity index (χ1) is 14.7. The maximum atomic E-state index is 13.6. The molecule has 162 valence electrons. The Morgan fingerprint density at radius 3 is 2.32 bits per heavy atom. The minimum absolute atomic E-state index is 0.0706. The molecule has 3 rings (SSSR count). The smallest absolute Gasteiger partial charge is 0.339 e. The molecule has 0 bridgehead atoms. The minimum Gasteiger partial charge on any atom is -0.497 e. The first-order valence-corrected chi connectivity index (χ1v) is 9.36. The second-order valence-corrected chi connectivity index (χ2v) is 6.90. The molecule has 0 atom stereocenters. The summed E-state index contributed by atoms with van der Waals surface area (Å²) in [5.74, 6) is -2.86. The van der Waals surface area contributed by atoms with Crippen molar-refractivity contribution in [1.29, 1.82) is 0 Å². The number of benzene rings is 2. The molecule has 1 aromatic heterocycles. The lowest BCUT2D eigenvalue weighted by Gasteiger charge is -2.13. The molecule has 2 aromatic carbocycles. The Hall–Kier alpha value is -3.75. The van der Waals surface area contributed by atoms with E-state index in [4.69, 9.17) is 9.15 Å². The van der Waals surface area contributed by atoms with Crippen LogP contribution in [-0.2, 0) is 16.0 Å². The van der Waals surface area contributed by atoms with Gasteiger partial charge in [-0.15, -0.1) is 0 Å². The van der Waals surface area contributed by atoms with Crippen LogP contribution in [-0.4, -0.2) is 18.9 Å². The Labute approximate surface area is 176 Å². The van der Waals surface area contributed by atoms with Gasteiger partial charge in [0.25, 0.3) is 0 Å². The average Bonchev–Trinajstić information content (AvgIpc) is 2.70. The van der Waals surface area contributed by atoms with Crippen molar-refractivity contribution in [3.05, 3.63) is 63.5 Å². The largest absolute Gasteiger partial charge is 0.497 e. The molecular formula is C22H20F2N2O5. The summed E-state index contributed by atoms with van der Waals surface area (Å²) in [4.78, 5) is 36.1. The first kappa shape index (κ1) is 21.9. The van der Waals surface area contributed by atoms with E-state index in [0.29, 0.717) is 27.8 Å². The van der Waals surface area contributed by atoms with E-state index in [0.717, 1.165) is 12.1 Å². The van der Waals surface area contributed by atoms with Crippen molar-refractivity contribution in [3.63, 3.8) is 0 Å². The molecule has 7 nitrogen and oxygen atoms in total. The molecule has 0 fully saturated rings. The van der Waals surface area contributed by atoms with E-state index >= 15 is 0 Å². The zero-order valence-electron chi connectivity index (χ0n) is 17.1. The van der Waals surface area contributed by atoms with E-state index in [-0.39, 0.29) is 24.2 Å². The van der Waals surface area contributed by atoms with Gasteiger partial charge < -0.3 is 19.8 Å². The fourth-order valence-electron chi connectivity index (χ4n) is 3.19. The van der Waals surface area contributed by atoms with Crippen LogP contribution in [0.5, 0.6) is 5.75 Å². The quantitative estimate of drug-likeness (QED) is 0.578. The summed E-state index contributed by atoms with van der Waals surface area (Å²) in [5.41, 5.74) is 0.645. The highest BCUT2D eigenvalue weighted by Crippen LogP contribution is 2.27. The van der Waals surface area contributed by atoms with Crippen LogP contribution in [0.2, 0.25) is 0 Å². The van der Waals surface area contributed by atoms with Gasteiger partial charge in [0.2, 0.25) is 11.8 Å². The highest BCUT2D eigenvalue weighted by molar-refractivity contribution is 5.99. The molecule has 2 amide bonds. The average molecular weight is 430 g/mol. The lowest BCUT2D eigenvalue weighted by molar-refractivity contribution is -0.116. The summed E-state index contributed by atoms with van der Waals surface area (Å²) < 4.78 is 37.6. The van der Waals surface area contributed by atoms with Crippen molar-refractivity contribution in [2.24, 2.45) is 0 Å². The van der Waals surface area contributed by atoms with Gasteiger partial charge in [-0.25, -0.2) is 13.6 Å². The van der Waals surface area contributed by atoms with E-state index in [1.807, 2.05) is 0 Å². The van der Waals surface area contributed by atoms with Gasteiger partial charge in [-0.3, -0.25) is 9.59 Å². The van der Waals surface area contributed by atoms with Crippen molar-refractivity contribution in [1.82, 2.24) is 0 Å². The summed E-state index contributed by atoms with van der Waals surface area (Å²) in [6.07, 6.45) is -0.0487. The predicted octanol–water partition coefficient (Wildman–Crippen LogP) is 3.92. The van der Waals surface area contributed by atoms with Crippen molar-refractivity contribution in [2.75, 3.05) is 17.7 Å². The first-order valence-electron chi connectivity index (χ1n) is 9.36. The zero-order valence-corrected chi connectivity index (χ0v) is 17.1. The van der Waals surface area contributed by atoms with E-state index in [1.54, 1.807) is 25.1 Å². The van der Waals surface area contributed by atoms with Gasteiger partial charge in [-0.1, -0.05) is 0 Å². The number of carbonyl (C=O) groups is 2. The maximum Gasteiger partial charge on any atom is 0.339 e. The van der Waals surface area contributed by atoms with Gasteiger partial charge in [-0.2, -0.15) is 0 Å². The van der Waals surface area contributed by atoms with Crippen LogP contribution in [0.4, 0.5) is 20.2 Å². The van der Waals surface area contributed by atoms with Crippen LogP contribution in [0, 0.1) is 18.6 Å². The van der Waals surface area contributed by atoms with Crippen LogP contribution in [0.3, 0.4) is 0 Å². The molecule has 1 heterocycles. The summed E-state index contributed by atoms with van der Waals surface area (Å²) in [6, 6.07) is 6.66. The van der Waals surface area contributed by atoms with Gasteiger partial charge in [0.05, 0.1) is 18.5 Å². The van der Waals surface area contributed by atoms with E-state index in [9.17, 15) is 23.2 Å². The number of halogens is 2. The predicted molar refractivity (Wildman–Crippen MR) is 111 cm³/mol. The summed E-state index contributed by atoms with van der Waals surface area (Å²) in [5, 5.41) is 5.48. The molecule has 2 N–H and O–H groups in total. The number of fused-ring (bicyclic) bond motifs is 1. The van der Waals surface area contributed by atoms with Crippen LogP contribution in [0.1, 0.15) is 24.5 Å². The molecular weight excluding hydrogens is 410 g/mol. The lowest BCUT2D eigenvalue weighted by atomic mass is 10.0. The molecule has 3 aromatic rings. The Kier molecular flexibility index (Phi) is 6.33. The Morgan fingerprint density at radius 2 is 1.71 bits per heavy atom. The Bertz CT molecular complexity index is 1240. The molecule has 0 saturated heterocycles. The third-order valence-electron chi connectivity index (χ3n) is 4.74. The van der Waals surface area contributed by atoms with Gasteiger partial charge in [0, 0.05) is 42.5 Å². The SMILES string of the molecule is COc1ccc2c(C)c(CCC(=O)Nc3cc(F)c(F)cc3NC(C)=O)c(=O)oc2c1. The van der Waals surface area contributed by atoms with Crippen molar-refractivity contribution in [3.8, 4) is 5.75 Å². The molecule has 9 heteroatoms. The summed E-state index contributed by atoms with van der Waals surface area (Å²) >= 11 is 0. The van der Waals surface area contributed by atoms with Crippen LogP contribution in [0.25, 0.3) is 11.0 Å². The number of amides is 2. The Morgan fingerprint density at radius 1 is 1.06 bits per heavy atom. The van der Waals surface area contributed by atoms with E-state index in [1.165, 1.54) is 14.0 Å². The number of rotatable bonds is 6. The Balaban J connectivity index is 1.80. The molecule has 0 radical (unpaired) electrons. The number of ether oxygens (including phenoxy) is 1. The monoisotopic (exact) mass is 430 g/mol. The maximum absolute atomic E-state index is 13.6. The lowest BCUT2D eigenvalue weighted by Crippen LogP contribution is -2.18. The summed E-state index contributed by atoms with van der Waals surface area (Å²) in [7, 11) is 1.50. The number of nitrogens with one attached hydrogen (secondary N) is 2. The number of hydrogen-bond donors (Lipinski definition) is 2. The summed E-state index contributed by atoms with van der Waals surface area (Å²) in [6.45, 7) is 2.95. The van der Waals surface area contributed by atoms with E-state index in [2.05, 4.69) is 10.6 Å². The number of aryl methyl sites for hydroxylation is 1. The number of anilines is 2. The third kappa shape index (κ3) is 4.88. The normalized spacial score (nSPS) is 10.7. The molecule has 0 aliphatic carbocycles. The zero-order chi connectivity index (χ0) is 22.7. The molecule has 0 aliphatic heterocycles. The van der Waals surface area contributed by atoms with Crippen LogP contribution in [0.15, 0.2) is 39.5 Å². The van der Waals surface area contributed by atoms with Crippen LogP contribution < -0.4 is 21.0 Å². The fraction of sp³-hybridized carbons (Fsp3) is 0.227. The molecule has 31 heavy (non-hydrogen) atoms. The van der Waals surface area contributed by atoms with Crippen molar-refractivity contribution in [2.45, 2.75) is 26.7 Å². The second kappa shape index (κ2) is 8.95.